The van der Waals surface area contributed by atoms with E-state index in [1.54, 1.807) is 17.0 Å². The maximum atomic E-state index is 13.1. The van der Waals surface area contributed by atoms with Crippen molar-refractivity contribution in [3.8, 4) is 0 Å². The molecular weight excluding hydrogens is 329 g/mol. The fourth-order valence-electron chi connectivity index (χ4n) is 2.65. The maximum absolute atomic E-state index is 13.1. The van der Waals surface area contributed by atoms with Crippen molar-refractivity contribution in [2.24, 2.45) is 0 Å². The van der Waals surface area contributed by atoms with Crippen LogP contribution in [0, 0.1) is 5.82 Å². The number of fused-ring (bicyclic) bond motifs is 1. The van der Waals surface area contributed by atoms with Crippen LogP contribution in [0.15, 0.2) is 33.9 Å². The molecule has 0 fully saturated rings. The second-order valence-electron chi connectivity index (χ2n) is 5.70. The van der Waals surface area contributed by atoms with Gasteiger partial charge in [-0.1, -0.05) is 6.92 Å². The van der Waals surface area contributed by atoms with Gasteiger partial charge in [0.2, 0.25) is 11.9 Å². The lowest BCUT2D eigenvalue weighted by Crippen LogP contribution is -2.44. The van der Waals surface area contributed by atoms with Gasteiger partial charge in [-0.25, -0.2) is 9.07 Å². The number of halogens is 1. The molecule has 2 heterocycles. The van der Waals surface area contributed by atoms with Gasteiger partial charge in [0.05, 0.1) is 0 Å². The van der Waals surface area contributed by atoms with Gasteiger partial charge in [0.15, 0.2) is 0 Å². The first-order chi connectivity index (χ1) is 12.0. The average molecular weight is 347 g/mol. The molecule has 0 atom stereocenters. The lowest BCUT2D eigenvalue weighted by atomic mass is 10.3. The number of hydrogen-bond donors (Lipinski definition) is 1. The van der Waals surface area contributed by atoms with Gasteiger partial charge in [-0.15, -0.1) is 5.10 Å². The molecule has 0 radical (unpaired) electrons. The van der Waals surface area contributed by atoms with Crippen molar-refractivity contribution >= 4 is 17.5 Å². The van der Waals surface area contributed by atoms with Crippen LogP contribution < -0.4 is 21.3 Å². The van der Waals surface area contributed by atoms with Crippen LogP contribution >= 0.6 is 0 Å². The molecule has 2 aromatic rings. The summed E-state index contributed by atoms with van der Waals surface area (Å²) in [6, 6.07) is 5.76. The van der Waals surface area contributed by atoms with E-state index in [-0.39, 0.29) is 24.2 Å². The first kappa shape index (κ1) is 16.9. The number of benzene rings is 1. The third kappa shape index (κ3) is 3.30. The molecule has 0 saturated heterocycles. The van der Waals surface area contributed by atoms with E-state index in [0.717, 1.165) is 11.1 Å². The van der Waals surface area contributed by atoms with Gasteiger partial charge in [-0.05, 0) is 30.7 Å². The van der Waals surface area contributed by atoms with Crippen molar-refractivity contribution in [1.29, 1.82) is 0 Å². The molecule has 132 valence electrons. The normalized spacial score (nSPS) is 13.0. The second kappa shape index (κ2) is 6.88. The number of carbonyl (C=O) groups excluding carboxylic acids is 1. The SMILES string of the molecule is CCCNC(=O)Cn1nc2n(c(=O)c1=O)CCN2c1ccc(F)cc1. The van der Waals surface area contributed by atoms with Gasteiger partial charge >= 0.3 is 11.1 Å². The van der Waals surface area contributed by atoms with Gasteiger partial charge in [-0.2, -0.15) is 0 Å². The standard InChI is InChI=1S/C16H18FN5O3/c1-2-7-18-13(23)10-22-15(25)14(24)21-9-8-20(16(21)19-22)12-5-3-11(17)4-6-12/h3-6H,2,7-10H2,1H3,(H,18,23). The molecule has 1 N–H and O–H groups in total. The molecule has 3 rings (SSSR count). The van der Waals surface area contributed by atoms with Crippen LogP contribution in [0.5, 0.6) is 0 Å². The Kier molecular flexibility index (Phi) is 4.64. The van der Waals surface area contributed by atoms with Crippen molar-refractivity contribution in [3.05, 3.63) is 50.8 Å². The highest BCUT2D eigenvalue weighted by atomic mass is 19.1. The quantitative estimate of drug-likeness (QED) is 0.782. The summed E-state index contributed by atoms with van der Waals surface area (Å²) in [4.78, 5) is 38.0. The molecule has 8 nitrogen and oxygen atoms in total. The molecule has 1 aromatic carbocycles. The number of anilines is 2. The predicted octanol–water partition coefficient (Wildman–Crippen LogP) is 0.222. The molecule has 0 bridgehead atoms. The highest BCUT2D eigenvalue weighted by molar-refractivity contribution is 5.75. The summed E-state index contributed by atoms with van der Waals surface area (Å²) in [5.41, 5.74) is -0.908. The molecule has 0 spiro atoms. The zero-order valence-corrected chi connectivity index (χ0v) is 13.7. The fourth-order valence-corrected chi connectivity index (χ4v) is 2.65. The zero-order chi connectivity index (χ0) is 18.0. The molecule has 0 unspecified atom stereocenters. The van der Waals surface area contributed by atoms with Crippen LogP contribution in [0.4, 0.5) is 16.0 Å². The summed E-state index contributed by atoms with van der Waals surface area (Å²) in [7, 11) is 0. The molecule has 0 aliphatic carbocycles. The summed E-state index contributed by atoms with van der Waals surface area (Å²) in [5.74, 6) is -0.488. The molecule has 25 heavy (non-hydrogen) atoms. The smallest absolute Gasteiger partial charge is 0.333 e. The summed E-state index contributed by atoms with van der Waals surface area (Å²) in [6.45, 7) is 2.81. The van der Waals surface area contributed by atoms with E-state index < -0.39 is 11.1 Å². The minimum absolute atomic E-state index is 0.263. The van der Waals surface area contributed by atoms with E-state index in [4.69, 9.17) is 0 Å². The Morgan fingerprint density at radius 2 is 1.92 bits per heavy atom. The summed E-state index contributed by atoms with van der Waals surface area (Å²) in [5, 5.41) is 6.82. The number of rotatable bonds is 5. The molecule has 1 aliphatic rings. The monoisotopic (exact) mass is 347 g/mol. The second-order valence-corrected chi connectivity index (χ2v) is 5.70. The highest BCUT2D eigenvalue weighted by Crippen LogP contribution is 2.26. The van der Waals surface area contributed by atoms with Gasteiger partial charge in [0, 0.05) is 25.3 Å². The van der Waals surface area contributed by atoms with E-state index in [2.05, 4.69) is 10.4 Å². The van der Waals surface area contributed by atoms with E-state index in [0.29, 0.717) is 25.3 Å². The third-order valence-corrected chi connectivity index (χ3v) is 3.91. The van der Waals surface area contributed by atoms with Crippen LogP contribution in [0.2, 0.25) is 0 Å². The van der Waals surface area contributed by atoms with Gasteiger partial charge < -0.3 is 10.2 Å². The van der Waals surface area contributed by atoms with Crippen molar-refractivity contribution in [1.82, 2.24) is 19.7 Å². The fraction of sp³-hybridized carbons (Fsp3) is 0.375. The molecule has 1 aliphatic heterocycles. The first-order valence-corrected chi connectivity index (χ1v) is 8.03. The van der Waals surface area contributed by atoms with Crippen molar-refractivity contribution < 1.29 is 9.18 Å². The summed E-state index contributed by atoms with van der Waals surface area (Å²) >= 11 is 0. The minimum Gasteiger partial charge on any atom is -0.355 e. The largest absolute Gasteiger partial charge is 0.355 e. The van der Waals surface area contributed by atoms with E-state index in [1.165, 1.54) is 16.7 Å². The van der Waals surface area contributed by atoms with E-state index >= 15 is 0 Å². The van der Waals surface area contributed by atoms with Crippen molar-refractivity contribution in [2.75, 3.05) is 18.0 Å². The summed E-state index contributed by atoms with van der Waals surface area (Å²) < 4.78 is 15.3. The van der Waals surface area contributed by atoms with Gasteiger partial charge in [0.25, 0.3) is 0 Å². The van der Waals surface area contributed by atoms with Crippen LogP contribution in [-0.4, -0.2) is 33.3 Å². The van der Waals surface area contributed by atoms with Crippen LogP contribution in [0.1, 0.15) is 13.3 Å². The van der Waals surface area contributed by atoms with Crippen LogP contribution in [0.25, 0.3) is 0 Å². The molecule has 0 saturated carbocycles. The molecular formula is C16H18FN5O3. The van der Waals surface area contributed by atoms with E-state index in [9.17, 15) is 18.8 Å². The zero-order valence-electron chi connectivity index (χ0n) is 13.7. The maximum Gasteiger partial charge on any atom is 0.333 e. The highest BCUT2D eigenvalue weighted by Gasteiger charge is 2.26. The predicted molar refractivity (Wildman–Crippen MR) is 89.5 cm³/mol. The van der Waals surface area contributed by atoms with Crippen LogP contribution in [-0.2, 0) is 17.9 Å². The number of nitrogens with one attached hydrogen (secondary N) is 1. The van der Waals surface area contributed by atoms with Gasteiger partial charge in [-0.3, -0.25) is 19.0 Å². The number of hydrogen-bond acceptors (Lipinski definition) is 5. The third-order valence-electron chi connectivity index (χ3n) is 3.91. The van der Waals surface area contributed by atoms with Crippen molar-refractivity contribution in [2.45, 2.75) is 26.4 Å². The van der Waals surface area contributed by atoms with Gasteiger partial charge in [0.1, 0.15) is 12.4 Å². The Morgan fingerprint density at radius 3 is 2.60 bits per heavy atom. The summed E-state index contributed by atoms with van der Waals surface area (Å²) in [6.07, 6.45) is 0.763. The van der Waals surface area contributed by atoms with Crippen molar-refractivity contribution in [3.63, 3.8) is 0 Å². The number of amides is 1. The van der Waals surface area contributed by atoms with Crippen LogP contribution in [0.3, 0.4) is 0 Å². The average Bonchev–Trinajstić information content (AvgIpc) is 3.02. The Bertz CT molecular complexity index is 903. The Labute approximate surface area is 142 Å². The number of nitrogens with zero attached hydrogens (tertiary/aromatic N) is 4. The Balaban J connectivity index is 1.96. The molecule has 1 amide bonds. The number of aromatic nitrogens is 3. The molecule has 1 aromatic heterocycles. The molecule has 9 heteroatoms. The lowest BCUT2D eigenvalue weighted by molar-refractivity contribution is -0.121. The van der Waals surface area contributed by atoms with E-state index in [1.807, 2.05) is 6.92 Å². The number of carbonyl (C=O) groups is 1. The Morgan fingerprint density at radius 1 is 1.20 bits per heavy atom. The Hall–Kier alpha value is -2.97. The topological polar surface area (TPSA) is 89.2 Å². The minimum atomic E-state index is -0.837. The first-order valence-electron chi connectivity index (χ1n) is 8.03. The lowest BCUT2D eigenvalue weighted by Gasteiger charge is -2.17.